The maximum atomic E-state index is 11.2. The van der Waals surface area contributed by atoms with Crippen LogP contribution in [0.1, 0.15) is 6.42 Å². The number of hydrogen-bond donors (Lipinski definition) is 0. The first kappa shape index (κ1) is 6.40. The van der Waals surface area contributed by atoms with Gasteiger partial charge in [-0.05, 0) is 18.3 Å². The third kappa shape index (κ3) is 0.543. The smallest absolute Gasteiger partial charge is 0.318 e. The van der Waals surface area contributed by atoms with Crippen molar-refractivity contribution in [2.24, 2.45) is 23.7 Å². The van der Waals surface area contributed by atoms with E-state index in [1.807, 2.05) is 12.2 Å². The van der Waals surface area contributed by atoms with Crippen molar-refractivity contribution in [3.8, 4) is 0 Å². The van der Waals surface area contributed by atoms with Crippen molar-refractivity contribution in [3.63, 3.8) is 0 Å². The fraction of sp³-hybridized carbons (Fsp3) is 0.556. The highest BCUT2D eigenvalue weighted by Gasteiger charge is 2.57. The van der Waals surface area contributed by atoms with Crippen LogP contribution in [-0.4, -0.2) is 11.9 Å². The van der Waals surface area contributed by atoms with Gasteiger partial charge in [0.15, 0.2) is 0 Å². The van der Waals surface area contributed by atoms with Crippen LogP contribution in [0.15, 0.2) is 12.2 Å². The topological polar surface area (TPSA) is 43.4 Å². The van der Waals surface area contributed by atoms with E-state index in [4.69, 9.17) is 0 Å². The van der Waals surface area contributed by atoms with E-state index < -0.39 is 0 Å². The standard InChI is InChI=1S/C9H8O3/c10-8-6-4-1-2-5(3-4)7(6)9(11)12-8/h1-2,4-7H,3H2/t4-,5+,6+,7?/m0/s1. The fourth-order valence-electron chi connectivity index (χ4n) is 2.70. The van der Waals surface area contributed by atoms with E-state index in [2.05, 4.69) is 4.74 Å². The average molecular weight is 164 g/mol. The Balaban J connectivity index is 2.08. The maximum absolute atomic E-state index is 11.2. The Kier molecular flexibility index (Phi) is 0.953. The highest BCUT2D eigenvalue weighted by Crippen LogP contribution is 2.51. The molecule has 1 heterocycles. The number of esters is 2. The zero-order valence-electron chi connectivity index (χ0n) is 6.40. The van der Waals surface area contributed by atoms with Crippen molar-refractivity contribution in [2.45, 2.75) is 6.42 Å². The van der Waals surface area contributed by atoms with Gasteiger partial charge in [0.05, 0.1) is 11.8 Å². The Bertz CT molecular complexity index is 277. The van der Waals surface area contributed by atoms with Crippen molar-refractivity contribution >= 4 is 11.9 Å². The van der Waals surface area contributed by atoms with E-state index in [9.17, 15) is 9.59 Å². The summed E-state index contributed by atoms with van der Waals surface area (Å²) in [7, 11) is 0. The van der Waals surface area contributed by atoms with Crippen molar-refractivity contribution in [2.75, 3.05) is 0 Å². The number of hydrogen-bond acceptors (Lipinski definition) is 3. The minimum Gasteiger partial charge on any atom is -0.393 e. The normalized spacial score (nSPS) is 48.3. The molecule has 1 saturated carbocycles. The van der Waals surface area contributed by atoms with Crippen LogP contribution in [0.2, 0.25) is 0 Å². The molecule has 2 fully saturated rings. The molecule has 1 aliphatic heterocycles. The first-order valence-electron chi connectivity index (χ1n) is 4.21. The maximum Gasteiger partial charge on any atom is 0.318 e. The number of cyclic esters (lactones) is 2. The Morgan fingerprint density at radius 2 is 1.58 bits per heavy atom. The highest BCUT2D eigenvalue weighted by molar-refractivity contribution is 5.98. The van der Waals surface area contributed by atoms with Gasteiger partial charge >= 0.3 is 11.9 Å². The van der Waals surface area contributed by atoms with Gasteiger partial charge in [0.1, 0.15) is 0 Å². The van der Waals surface area contributed by atoms with Crippen LogP contribution < -0.4 is 0 Å². The van der Waals surface area contributed by atoms with Crippen LogP contribution in [0.3, 0.4) is 0 Å². The highest BCUT2D eigenvalue weighted by atomic mass is 16.6. The Morgan fingerprint density at radius 1 is 1.08 bits per heavy atom. The summed E-state index contributed by atoms with van der Waals surface area (Å²) >= 11 is 0. The first-order chi connectivity index (χ1) is 5.77. The number of carbonyl (C=O) groups is 2. The molecule has 0 radical (unpaired) electrons. The molecule has 0 spiro atoms. The van der Waals surface area contributed by atoms with Crippen molar-refractivity contribution < 1.29 is 14.3 Å². The van der Waals surface area contributed by atoms with Crippen LogP contribution in [-0.2, 0) is 14.3 Å². The zero-order chi connectivity index (χ0) is 8.29. The van der Waals surface area contributed by atoms with Crippen molar-refractivity contribution in [3.05, 3.63) is 12.2 Å². The molecule has 1 saturated heterocycles. The molecule has 0 aromatic heterocycles. The number of fused-ring (bicyclic) bond motifs is 5. The molecule has 0 aromatic rings. The minimum atomic E-state index is -0.304. The molecule has 1 unspecified atom stereocenters. The molecule has 2 aliphatic carbocycles. The van der Waals surface area contributed by atoms with E-state index in [0.717, 1.165) is 6.42 Å². The second kappa shape index (κ2) is 1.79. The third-order valence-corrected chi connectivity index (χ3v) is 3.20. The lowest BCUT2D eigenvalue weighted by atomic mass is 9.85. The molecule has 0 amide bonds. The summed E-state index contributed by atoms with van der Waals surface area (Å²) in [6.45, 7) is 0. The van der Waals surface area contributed by atoms with Gasteiger partial charge in [-0.15, -0.1) is 0 Å². The molecule has 0 aromatic carbocycles. The second-order valence-corrected chi connectivity index (χ2v) is 3.74. The summed E-state index contributed by atoms with van der Waals surface area (Å²) in [6, 6.07) is 0. The molecule has 62 valence electrons. The summed E-state index contributed by atoms with van der Waals surface area (Å²) in [6.07, 6.45) is 5.06. The molecule has 3 heteroatoms. The van der Waals surface area contributed by atoms with Gasteiger partial charge in [0, 0.05) is 0 Å². The average Bonchev–Trinajstić information content (AvgIpc) is 2.64. The summed E-state index contributed by atoms with van der Waals surface area (Å²) in [5, 5.41) is 0. The van der Waals surface area contributed by atoms with Crippen LogP contribution in [0.25, 0.3) is 0 Å². The lowest BCUT2D eigenvalue weighted by molar-refractivity contribution is -0.154. The molecule has 3 aliphatic rings. The Morgan fingerprint density at radius 3 is 2.08 bits per heavy atom. The zero-order valence-corrected chi connectivity index (χ0v) is 6.40. The molecule has 12 heavy (non-hydrogen) atoms. The molecule has 3 nitrogen and oxygen atoms in total. The summed E-state index contributed by atoms with van der Waals surface area (Å²) in [4.78, 5) is 22.4. The summed E-state index contributed by atoms with van der Waals surface area (Å²) in [5.41, 5.74) is 0. The number of rotatable bonds is 0. The summed E-state index contributed by atoms with van der Waals surface area (Å²) in [5.74, 6) is -0.346. The van der Waals surface area contributed by atoms with E-state index in [-0.39, 0.29) is 35.6 Å². The number of allylic oxidation sites excluding steroid dienone is 2. The van der Waals surface area contributed by atoms with E-state index in [0.29, 0.717) is 0 Å². The van der Waals surface area contributed by atoms with Gasteiger partial charge < -0.3 is 4.74 Å². The van der Waals surface area contributed by atoms with Crippen molar-refractivity contribution in [1.29, 1.82) is 0 Å². The minimum absolute atomic E-state index is 0.146. The van der Waals surface area contributed by atoms with Gasteiger partial charge in [-0.3, -0.25) is 9.59 Å². The quantitative estimate of drug-likeness (QED) is 0.297. The number of ether oxygens (including phenoxy) is 1. The largest absolute Gasteiger partial charge is 0.393 e. The van der Waals surface area contributed by atoms with E-state index in [1.54, 1.807) is 0 Å². The second-order valence-electron chi connectivity index (χ2n) is 3.74. The predicted molar refractivity (Wildman–Crippen MR) is 38.8 cm³/mol. The fourth-order valence-corrected chi connectivity index (χ4v) is 2.70. The van der Waals surface area contributed by atoms with Crippen LogP contribution in [0, 0.1) is 23.7 Å². The summed E-state index contributed by atoms with van der Waals surface area (Å²) < 4.78 is 4.59. The van der Waals surface area contributed by atoms with Crippen LogP contribution in [0.5, 0.6) is 0 Å². The van der Waals surface area contributed by atoms with Gasteiger partial charge in [-0.25, -0.2) is 0 Å². The lowest BCUT2D eigenvalue weighted by Crippen LogP contribution is -2.21. The van der Waals surface area contributed by atoms with E-state index >= 15 is 0 Å². The molecular weight excluding hydrogens is 156 g/mol. The van der Waals surface area contributed by atoms with Gasteiger partial charge in [0.2, 0.25) is 0 Å². The Labute approximate surface area is 69.4 Å². The van der Waals surface area contributed by atoms with Gasteiger partial charge in [0.25, 0.3) is 0 Å². The monoisotopic (exact) mass is 164 g/mol. The predicted octanol–water partition coefficient (Wildman–Crippen LogP) is 0.508. The number of carbonyl (C=O) groups excluding carboxylic acids is 2. The Hall–Kier alpha value is -1.12. The molecular formula is C9H8O3. The lowest BCUT2D eigenvalue weighted by Gasteiger charge is -2.12. The molecule has 0 N–H and O–H groups in total. The van der Waals surface area contributed by atoms with Crippen molar-refractivity contribution in [1.82, 2.24) is 0 Å². The molecule has 2 bridgehead atoms. The van der Waals surface area contributed by atoms with Gasteiger partial charge in [-0.1, -0.05) is 12.2 Å². The third-order valence-electron chi connectivity index (χ3n) is 3.20. The van der Waals surface area contributed by atoms with Crippen LogP contribution >= 0.6 is 0 Å². The molecule has 3 rings (SSSR count). The first-order valence-corrected chi connectivity index (χ1v) is 4.21. The van der Waals surface area contributed by atoms with Gasteiger partial charge in [-0.2, -0.15) is 0 Å². The van der Waals surface area contributed by atoms with E-state index in [1.165, 1.54) is 0 Å². The molecule has 4 atom stereocenters. The van der Waals surface area contributed by atoms with Crippen LogP contribution in [0.4, 0.5) is 0 Å². The SMILES string of the molecule is O=C1OC(=O)[C@H]2C1[C@@H]1C=C[C@H]2C1.